The molecular formula is C15H15ClN4O. The molecule has 2 aromatic rings. The van der Waals surface area contributed by atoms with Crippen LogP contribution in [0.3, 0.4) is 0 Å². The van der Waals surface area contributed by atoms with E-state index in [1.807, 2.05) is 17.0 Å². The SMILES string of the molecule is O=C(c1ccccn1)N1CCC(Nc2ccc(Cl)cn2)C1. The molecule has 1 saturated heterocycles. The third-order valence-electron chi connectivity index (χ3n) is 3.44. The molecule has 2 aromatic heterocycles. The van der Waals surface area contributed by atoms with Gasteiger partial charge in [0.15, 0.2) is 0 Å². The molecule has 1 unspecified atom stereocenters. The Morgan fingerprint density at radius 3 is 2.90 bits per heavy atom. The zero-order valence-corrected chi connectivity index (χ0v) is 12.1. The van der Waals surface area contributed by atoms with Gasteiger partial charge < -0.3 is 10.2 Å². The van der Waals surface area contributed by atoms with Crippen LogP contribution < -0.4 is 5.32 Å². The first-order valence-corrected chi connectivity index (χ1v) is 7.18. The van der Waals surface area contributed by atoms with Crippen molar-refractivity contribution in [2.24, 2.45) is 0 Å². The minimum atomic E-state index is -0.0241. The molecule has 0 radical (unpaired) electrons. The number of hydrogen-bond acceptors (Lipinski definition) is 4. The van der Waals surface area contributed by atoms with E-state index >= 15 is 0 Å². The maximum absolute atomic E-state index is 12.3. The van der Waals surface area contributed by atoms with Crippen LogP contribution in [-0.4, -0.2) is 39.9 Å². The molecule has 6 heteroatoms. The monoisotopic (exact) mass is 302 g/mol. The van der Waals surface area contributed by atoms with Crippen molar-refractivity contribution < 1.29 is 4.79 Å². The van der Waals surface area contributed by atoms with Crippen molar-refractivity contribution in [1.82, 2.24) is 14.9 Å². The Morgan fingerprint density at radius 1 is 1.29 bits per heavy atom. The number of pyridine rings is 2. The third kappa shape index (κ3) is 3.31. The molecule has 1 fully saturated rings. The van der Waals surface area contributed by atoms with Crippen LogP contribution in [0.1, 0.15) is 16.9 Å². The smallest absolute Gasteiger partial charge is 0.272 e. The summed E-state index contributed by atoms with van der Waals surface area (Å²) in [4.78, 5) is 22.4. The first kappa shape index (κ1) is 13.8. The summed E-state index contributed by atoms with van der Waals surface area (Å²) in [6, 6.07) is 9.20. The number of amides is 1. The highest BCUT2D eigenvalue weighted by atomic mass is 35.5. The van der Waals surface area contributed by atoms with Gasteiger partial charge >= 0.3 is 0 Å². The fourth-order valence-electron chi connectivity index (χ4n) is 2.38. The van der Waals surface area contributed by atoms with E-state index in [0.717, 1.165) is 18.8 Å². The van der Waals surface area contributed by atoms with Crippen molar-refractivity contribution in [1.29, 1.82) is 0 Å². The minimum absolute atomic E-state index is 0.0241. The summed E-state index contributed by atoms with van der Waals surface area (Å²) < 4.78 is 0. The molecule has 1 atom stereocenters. The van der Waals surface area contributed by atoms with Gasteiger partial charge in [-0.25, -0.2) is 4.98 Å². The second-order valence-corrected chi connectivity index (χ2v) is 5.39. The van der Waals surface area contributed by atoms with Gasteiger partial charge in [-0.3, -0.25) is 9.78 Å². The summed E-state index contributed by atoms with van der Waals surface area (Å²) in [5.41, 5.74) is 0.489. The summed E-state index contributed by atoms with van der Waals surface area (Å²) in [6.45, 7) is 1.38. The number of carbonyl (C=O) groups excluding carboxylic acids is 1. The van der Waals surface area contributed by atoms with Crippen molar-refractivity contribution in [3.63, 3.8) is 0 Å². The van der Waals surface area contributed by atoms with Gasteiger partial charge in [0.25, 0.3) is 5.91 Å². The predicted octanol–water partition coefficient (Wildman–Crippen LogP) is 2.46. The summed E-state index contributed by atoms with van der Waals surface area (Å²) in [6.07, 6.45) is 4.13. The molecule has 0 spiro atoms. The van der Waals surface area contributed by atoms with E-state index in [-0.39, 0.29) is 11.9 Å². The molecule has 3 heterocycles. The highest BCUT2D eigenvalue weighted by Crippen LogP contribution is 2.17. The molecule has 0 aliphatic carbocycles. The maximum atomic E-state index is 12.3. The summed E-state index contributed by atoms with van der Waals surface area (Å²) in [5.74, 6) is 0.750. The second kappa shape index (κ2) is 6.10. The Bertz CT molecular complexity index is 617. The van der Waals surface area contributed by atoms with Crippen LogP contribution in [0.2, 0.25) is 5.02 Å². The van der Waals surface area contributed by atoms with Crippen LogP contribution in [0.25, 0.3) is 0 Å². The summed E-state index contributed by atoms with van der Waals surface area (Å²) in [5, 5.41) is 3.93. The van der Waals surface area contributed by atoms with Crippen LogP contribution in [0.5, 0.6) is 0 Å². The first-order valence-electron chi connectivity index (χ1n) is 6.81. The maximum Gasteiger partial charge on any atom is 0.272 e. The molecular weight excluding hydrogens is 288 g/mol. The Labute approximate surface area is 128 Å². The molecule has 1 N–H and O–H groups in total. The lowest BCUT2D eigenvalue weighted by Crippen LogP contribution is -2.32. The largest absolute Gasteiger partial charge is 0.365 e. The molecule has 108 valence electrons. The molecule has 1 aliphatic rings. The van der Waals surface area contributed by atoms with Crippen molar-refractivity contribution in [3.8, 4) is 0 Å². The Hall–Kier alpha value is -2.14. The van der Waals surface area contributed by atoms with Crippen LogP contribution in [0.4, 0.5) is 5.82 Å². The zero-order chi connectivity index (χ0) is 14.7. The zero-order valence-electron chi connectivity index (χ0n) is 11.4. The molecule has 0 aromatic carbocycles. The highest BCUT2D eigenvalue weighted by molar-refractivity contribution is 6.30. The molecule has 5 nitrogen and oxygen atoms in total. The third-order valence-corrected chi connectivity index (χ3v) is 3.66. The van der Waals surface area contributed by atoms with Gasteiger partial charge in [-0.05, 0) is 30.7 Å². The van der Waals surface area contributed by atoms with Gasteiger partial charge in [-0.2, -0.15) is 0 Å². The number of nitrogens with zero attached hydrogens (tertiary/aromatic N) is 3. The number of anilines is 1. The van der Waals surface area contributed by atoms with Gasteiger partial charge in [0, 0.05) is 31.5 Å². The van der Waals surface area contributed by atoms with Gasteiger partial charge in [-0.15, -0.1) is 0 Å². The lowest BCUT2D eigenvalue weighted by molar-refractivity contribution is 0.0786. The summed E-state index contributed by atoms with van der Waals surface area (Å²) >= 11 is 5.81. The molecule has 21 heavy (non-hydrogen) atoms. The first-order chi connectivity index (χ1) is 10.2. The minimum Gasteiger partial charge on any atom is -0.365 e. The number of hydrogen-bond donors (Lipinski definition) is 1. The van der Waals surface area contributed by atoms with Gasteiger partial charge in [0.1, 0.15) is 11.5 Å². The van der Waals surface area contributed by atoms with E-state index in [1.54, 1.807) is 30.6 Å². The van der Waals surface area contributed by atoms with E-state index in [9.17, 15) is 4.79 Å². The van der Waals surface area contributed by atoms with E-state index in [0.29, 0.717) is 17.3 Å². The van der Waals surface area contributed by atoms with E-state index in [1.165, 1.54) is 0 Å². The van der Waals surface area contributed by atoms with Crippen LogP contribution in [0, 0.1) is 0 Å². The highest BCUT2D eigenvalue weighted by Gasteiger charge is 2.27. The average molecular weight is 303 g/mol. The van der Waals surface area contributed by atoms with Crippen molar-refractivity contribution in [2.45, 2.75) is 12.5 Å². The molecule has 3 rings (SSSR count). The normalized spacial score (nSPS) is 17.8. The van der Waals surface area contributed by atoms with E-state index in [4.69, 9.17) is 11.6 Å². The number of halogens is 1. The topological polar surface area (TPSA) is 58.1 Å². The van der Waals surface area contributed by atoms with Crippen LogP contribution in [0.15, 0.2) is 42.7 Å². The number of rotatable bonds is 3. The van der Waals surface area contributed by atoms with Crippen molar-refractivity contribution in [3.05, 3.63) is 53.4 Å². The van der Waals surface area contributed by atoms with Crippen LogP contribution in [-0.2, 0) is 0 Å². The quantitative estimate of drug-likeness (QED) is 0.946. The Balaban J connectivity index is 1.60. The number of likely N-dealkylation sites (tertiary alicyclic amines) is 1. The van der Waals surface area contributed by atoms with Gasteiger partial charge in [-0.1, -0.05) is 17.7 Å². The Kier molecular flexibility index (Phi) is 4.01. The fourth-order valence-corrected chi connectivity index (χ4v) is 2.50. The van der Waals surface area contributed by atoms with Crippen LogP contribution >= 0.6 is 11.6 Å². The van der Waals surface area contributed by atoms with Gasteiger partial charge in [0.05, 0.1) is 5.02 Å². The summed E-state index contributed by atoms with van der Waals surface area (Å²) in [7, 11) is 0. The molecule has 1 amide bonds. The van der Waals surface area contributed by atoms with Crippen molar-refractivity contribution in [2.75, 3.05) is 18.4 Å². The lowest BCUT2D eigenvalue weighted by atomic mass is 10.2. The standard InChI is InChI=1S/C15H15ClN4O/c16-11-4-5-14(18-9-11)19-12-6-8-20(10-12)15(21)13-3-1-2-7-17-13/h1-5,7,9,12H,6,8,10H2,(H,18,19). The second-order valence-electron chi connectivity index (χ2n) is 4.96. The van der Waals surface area contributed by atoms with E-state index < -0.39 is 0 Å². The van der Waals surface area contributed by atoms with E-state index in [2.05, 4.69) is 15.3 Å². The predicted molar refractivity (Wildman–Crippen MR) is 81.4 cm³/mol. The lowest BCUT2D eigenvalue weighted by Gasteiger charge is -2.17. The molecule has 0 bridgehead atoms. The average Bonchev–Trinajstić information content (AvgIpc) is 2.98. The number of carbonyl (C=O) groups is 1. The Morgan fingerprint density at radius 2 is 2.19 bits per heavy atom. The number of nitrogens with one attached hydrogen (secondary N) is 1. The molecule has 0 saturated carbocycles. The van der Waals surface area contributed by atoms with Gasteiger partial charge in [0.2, 0.25) is 0 Å². The fraction of sp³-hybridized carbons (Fsp3) is 0.267. The van der Waals surface area contributed by atoms with Crippen molar-refractivity contribution >= 4 is 23.3 Å². The molecule has 1 aliphatic heterocycles. The number of aromatic nitrogens is 2.